The molecule has 1 aromatic carbocycles. The highest BCUT2D eigenvalue weighted by molar-refractivity contribution is 6.06. The lowest BCUT2D eigenvalue weighted by atomic mass is 10.0. The van der Waals surface area contributed by atoms with Crippen molar-refractivity contribution in [2.24, 2.45) is 0 Å². The van der Waals surface area contributed by atoms with Gasteiger partial charge in [0.05, 0.1) is 23.3 Å². The minimum Gasteiger partial charge on any atom is -0.372 e. The monoisotopic (exact) mass is 310 g/mol. The first-order valence-corrected chi connectivity index (χ1v) is 8.46. The molecule has 0 unspecified atom stereocenters. The molecule has 120 valence electrons. The van der Waals surface area contributed by atoms with Gasteiger partial charge in [0.15, 0.2) is 0 Å². The Morgan fingerprint density at radius 3 is 2.57 bits per heavy atom. The van der Waals surface area contributed by atoms with Crippen molar-refractivity contribution in [3.8, 4) is 0 Å². The van der Waals surface area contributed by atoms with E-state index in [0.29, 0.717) is 19.0 Å². The van der Waals surface area contributed by atoms with Crippen LogP contribution in [-0.4, -0.2) is 41.1 Å². The molecule has 0 bridgehead atoms. The van der Waals surface area contributed by atoms with Crippen LogP contribution in [0.4, 0.5) is 0 Å². The summed E-state index contributed by atoms with van der Waals surface area (Å²) in [6.45, 7) is 5.35. The summed E-state index contributed by atoms with van der Waals surface area (Å²) in [7, 11) is 0. The highest BCUT2D eigenvalue weighted by Crippen LogP contribution is 2.40. The number of hydrogen-bond acceptors (Lipinski definition) is 3. The van der Waals surface area contributed by atoms with Gasteiger partial charge in [-0.05, 0) is 38.8 Å². The van der Waals surface area contributed by atoms with E-state index in [1.165, 1.54) is 12.8 Å². The number of amides is 1. The van der Waals surface area contributed by atoms with Gasteiger partial charge < -0.3 is 9.64 Å². The van der Waals surface area contributed by atoms with Gasteiger partial charge in [0.2, 0.25) is 0 Å². The third-order valence-electron chi connectivity index (χ3n) is 4.67. The van der Waals surface area contributed by atoms with Gasteiger partial charge in [-0.3, -0.25) is 9.78 Å². The third-order valence-corrected chi connectivity index (χ3v) is 4.67. The predicted octanol–water partition coefficient (Wildman–Crippen LogP) is 3.36. The second-order valence-corrected chi connectivity index (χ2v) is 6.85. The maximum Gasteiger partial charge on any atom is 0.254 e. The summed E-state index contributed by atoms with van der Waals surface area (Å²) in [6, 6.07) is 9.98. The van der Waals surface area contributed by atoms with Crippen LogP contribution in [0.3, 0.4) is 0 Å². The van der Waals surface area contributed by atoms with E-state index in [0.717, 1.165) is 22.2 Å². The molecule has 4 rings (SSSR count). The van der Waals surface area contributed by atoms with Crippen molar-refractivity contribution in [2.75, 3.05) is 13.1 Å². The van der Waals surface area contributed by atoms with Crippen molar-refractivity contribution in [1.29, 1.82) is 0 Å². The van der Waals surface area contributed by atoms with E-state index in [4.69, 9.17) is 9.72 Å². The van der Waals surface area contributed by atoms with Crippen LogP contribution in [0.5, 0.6) is 0 Å². The van der Waals surface area contributed by atoms with Crippen LogP contribution in [0.1, 0.15) is 48.7 Å². The quantitative estimate of drug-likeness (QED) is 0.854. The second kappa shape index (κ2) is 5.60. The number of aromatic nitrogens is 1. The fourth-order valence-corrected chi connectivity index (χ4v) is 3.48. The molecule has 2 fully saturated rings. The zero-order chi connectivity index (χ0) is 16.0. The molecule has 1 amide bonds. The van der Waals surface area contributed by atoms with Crippen LogP contribution in [0, 0.1) is 0 Å². The molecule has 0 N–H and O–H groups in total. The standard InChI is InChI=1S/C19H22N2O2/c1-12-10-21(11-13(2)23-12)19(22)16-9-18(14-7-8-14)20-17-6-4-3-5-15(16)17/h3-6,9,12-14H,7-8,10-11H2,1-2H3/t12-,13-/m0/s1. The van der Waals surface area contributed by atoms with Gasteiger partial charge in [0.1, 0.15) is 0 Å². The predicted molar refractivity (Wildman–Crippen MR) is 89.6 cm³/mol. The van der Waals surface area contributed by atoms with E-state index in [-0.39, 0.29) is 18.1 Å². The lowest BCUT2D eigenvalue weighted by Gasteiger charge is -2.35. The summed E-state index contributed by atoms with van der Waals surface area (Å²) in [6.07, 6.45) is 2.53. The van der Waals surface area contributed by atoms with E-state index >= 15 is 0 Å². The zero-order valence-electron chi connectivity index (χ0n) is 13.7. The van der Waals surface area contributed by atoms with Gasteiger partial charge in [0, 0.05) is 30.1 Å². The van der Waals surface area contributed by atoms with Crippen molar-refractivity contribution in [1.82, 2.24) is 9.88 Å². The molecule has 23 heavy (non-hydrogen) atoms. The number of pyridine rings is 1. The lowest BCUT2D eigenvalue weighted by Crippen LogP contribution is -2.48. The van der Waals surface area contributed by atoms with Crippen LogP contribution in [0.2, 0.25) is 0 Å². The van der Waals surface area contributed by atoms with Crippen molar-refractivity contribution >= 4 is 16.8 Å². The van der Waals surface area contributed by atoms with Gasteiger partial charge in [-0.1, -0.05) is 18.2 Å². The molecule has 2 aromatic rings. The highest BCUT2D eigenvalue weighted by atomic mass is 16.5. The molecule has 0 spiro atoms. The summed E-state index contributed by atoms with van der Waals surface area (Å²) in [5, 5.41) is 0.952. The van der Waals surface area contributed by atoms with Crippen LogP contribution in [0.15, 0.2) is 30.3 Å². The molecular weight excluding hydrogens is 288 g/mol. The van der Waals surface area contributed by atoms with Gasteiger partial charge in [-0.2, -0.15) is 0 Å². The Morgan fingerprint density at radius 1 is 1.17 bits per heavy atom. The number of carbonyl (C=O) groups excluding carboxylic acids is 1. The number of carbonyl (C=O) groups is 1. The SMILES string of the molecule is C[C@H]1CN(C(=O)c2cc(C3CC3)nc3ccccc23)C[C@H](C)O1. The molecule has 1 aliphatic carbocycles. The van der Waals surface area contributed by atoms with Gasteiger partial charge in [0.25, 0.3) is 5.91 Å². The topological polar surface area (TPSA) is 42.4 Å². The molecule has 1 saturated carbocycles. The van der Waals surface area contributed by atoms with Crippen LogP contribution >= 0.6 is 0 Å². The minimum absolute atomic E-state index is 0.0821. The van der Waals surface area contributed by atoms with Crippen LogP contribution in [0.25, 0.3) is 10.9 Å². The highest BCUT2D eigenvalue weighted by Gasteiger charge is 2.30. The van der Waals surface area contributed by atoms with Crippen molar-refractivity contribution in [3.05, 3.63) is 41.6 Å². The number of fused-ring (bicyclic) bond motifs is 1. The van der Waals surface area contributed by atoms with E-state index < -0.39 is 0 Å². The smallest absolute Gasteiger partial charge is 0.254 e. The number of para-hydroxylation sites is 1. The number of rotatable bonds is 2. The summed E-state index contributed by atoms with van der Waals surface area (Å²) < 4.78 is 5.76. The summed E-state index contributed by atoms with van der Waals surface area (Å²) >= 11 is 0. The molecule has 4 nitrogen and oxygen atoms in total. The van der Waals surface area contributed by atoms with Gasteiger partial charge in [-0.15, -0.1) is 0 Å². The first-order chi connectivity index (χ1) is 11.1. The number of hydrogen-bond donors (Lipinski definition) is 0. The molecule has 2 aliphatic rings. The molecule has 2 atom stereocenters. The molecule has 4 heteroatoms. The average Bonchev–Trinajstić information content (AvgIpc) is 3.37. The molecule has 2 heterocycles. The molecular formula is C19H22N2O2. The number of nitrogens with zero attached hydrogens (tertiary/aromatic N) is 2. The average molecular weight is 310 g/mol. The fraction of sp³-hybridized carbons (Fsp3) is 0.474. The zero-order valence-corrected chi connectivity index (χ0v) is 13.7. The first-order valence-electron chi connectivity index (χ1n) is 8.46. The maximum atomic E-state index is 13.1. The Balaban J connectivity index is 1.76. The van der Waals surface area contributed by atoms with Gasteiger partial charge >= 0.3 is 0 Å². The van der Waals surface area contributed by atoms with Gasteiger partial charge in [-0.25, -0.2) is 0 Å². The lowest BCUT2D eigenvalue weighted by molar-refractivity contribution is -0.0585. The minimum atomic E-state index is 0.0821. The third kappa shape index (κ3) is 2.83. The summed E-state index contributed by atoms with van der Waals surface area (Å²) in [4.78, 5) is 19.8. The van der Waals surface area contributed by atoms with E-state index in [1.54, 1.807) is 0 Å². The molecule has 1 aliphatic heterocycles. The largest absolute Gasteiger partial charge is 0.372 e. The van der Waals surface area contributed by atoms with Crippen molar-refractivity contribution in [3.63, 3.8) is 0 Å². The Labute approximate surface area is 136 Å². The summed E-state index contributed by atoms with van der Waals surface area (Å²) in [5.41, 5.74) is 2.79. The number of benzene rings is 1. The Kier molecular flexibility index (Phi) is 3.57. The Morgan fingerprint density at radius 2 is 1.87 bits per heavy atom. The van der Waals surface area contributed by atoms with E-state index in [2.05, 4.69) is 0 Å². The van der Waals surface area contributed by atoms with E-state index in [9.17, 15) is 4.79 Å². The van der Waals surface area contributed by atoms with E-state index in [1.807, 2.05) is 49.1 Å². The summed E-state index contributed by atoms with van der Waals surface area (Å²) in [5.74, 6) is 0.640. The fourth-order valence-electron chi connectivity index (χ4n) is 3.48. The van der Waals surface area contributed by atoms with Crippen molar-refractivity contribution < 1.29 is 9.53 Å². The van der Waals surface area contributed by atoms with Crippen LogP contribution < -0.4 is 0 Å². The van der Waals surface area contributed by atoms with Crippen molar-refractivity contribution in [2.45, 2.75) is 44.8 Å². The van der Waals surface area contributed by atoms with Crippen LogP contribution in [-0.2, 0) is 4.74 Å². The Bertz CT molecular complexity index is 744. The number of ether oxygens (including phenoxy) is 1. The first kappa shape index (κ1) is 14.6. The second-order valence-electron chi connectivity index (χ2n) is 6.85. The molecule has 0 radical (unpaired) electrons. The molecule has 1 saturated heterocycles. The molecule has 1 aromatic heterocycles. The number of morpholine rings is 1. The normalized spacial score (nSPS) is 24.9. The maximum absolute atomic E-state index is 13.1. The Hall–Kier alpha value is -1.94.